The lowest BCUT2D eigenvalue weighted by atomic mass is 10.2. The molecule has 1 fully saturated rings. The lowest BCUT2D eigenvalue weighted by molar-refractivity contribution is 0.475. The van der Waals surface area contributed by atoms with Crippen molar-refractivity contribution in [3.63, 3.8) is 0 Å². The van der Waals surface area contributed by atoms with Gasteiger partial charge in [-0.25, -0.2) is 4.98 Å². The van der Waals surface area contributed by atoms with Crippen molar-refractivity contribution < 1.29 is 5.11 Å². The molecule has 0 amide bonds. The maximum absolute atomic E-state index is 12.3. The second-order valence-corrected chi connectivity index (χ2v) is 5.33. The van der Waals surface area contributed by atoms with Crippen LogP contribution < -0.4 is 15.4 Å². The van der Waals surface area contributed by atoms with Gasteiger partial charge in [-0.15, -0.1) is 0 Å². The average molecular weight is 300 g/mol. The van der Waals surface area contributed by atoms with Crippen molar-refractivity contribution in [1.29, 1.82) is 0 Å². The highest BCUT2D eigenvalue weighted by atomic mass is 16.3. The molecule has 3 rings (SSSR count). The van der Waals surface area contributed by atoms with Gasteiger partial charge in [0.2, 0.25) is 0 Å². The fraction of sp³-hybridized carbons (Fsp3) is 0.375. The molecule has 2 heterocycles. The van der Waals surface area contributed by atoms with Crippen LogP contribution in [0, 0.1) is 0 Å². The summed E-state index contributed by atoms with van der Waals surface area (Å²) >= 11 is 0. The van der Waals surface area contributed by atoms with Gasteiger partial charge in [-0.05, 0) is 31.2 Å². The number of anilines is 2. The minimum atomic E-state index is -0.0249. The van der Waals surface area contributed by atoms with Gasteiger partial charge in [0.1, 0.15) is 5.75 Å². The van der Waals surface area contributed by atoms with Crippen molar-refractivity contribution in [3.8, 4) is 5.75 Å². The summed E-state index contributed by atoms with van der Waals surface area (Å²) in [6, 6.07) is 7.21. The molecule has 1 aliphatic rings. The average Bonchev–Trinajstić information content (AvgIpc) is 2.56. The fourth-order valence-electron chi connectivity index (χ4n) is 2.74. The molecule has 0 saturated carbocycles. The monoisotopic (exact) mass is 300 g/mol. The van der Waals surface area contributed by atoms with E-state index in [1.54, 1.807) is 29.1 Å². The molecular formula is C16H20N4O2. The molecule has 6 heteroatoms. The van der Waals surface area contributed by atoms with Gasteiger partial charge < -0.3 is 19.5 Å². The van der Waals surface area contributed by atoms with Gasteiger partial charge in [0.05, 0.1) is 0 Å². The van der Waals surface area contributed by atoms with Crippen LogP contribution in [0.2, 0.25) is 0 Å². The molecule has 6 nitrogen and oxygen atoms in total. The van der Waals surface area contributed by atoms with Gasteiger partial charge in [-0.1, -0.05) is 0 Å². The molecule has 0 aliphatic carbocycles. The van der Waals surface area contributed by atoms with Gasteiger partial charge in [0.25, 0.3) is 5.56 Å². The van der Waals surface area contributed by atoms with Crippen molar-refractivity contribution >= 4 is 11.5 Å². The van der Waals surface area contributed by atoms with Crippen molar-refractivity contribution in [2.45, 2.75) is 13.5 Å². The Kier molecular flexibility index (Phi) is 4.00. The van der Waals surface area contributed by atoms with E-state index in [0.29, 0.717) is 12.4 Å². The molecule has 1 aromatic carbocycles. The normalized spacial score (nSPS) is 15.1. The number of nitrogens with zero attached hydrogens (tertiary/aromatic N) is 4. The van der Waals surface area contributed by atoms with E-state index in [9.17, 15) is 9.90 Å². The van der Waals surface area contributed by atoms with E-state index in [1.807, 2.05) is 24.0 Å². The standard InChI is InChI=1S/C16H20N4O2/c1-2-18-8-7-17-15(16(18)22)20-11-9-19(10-12-20)13-3-5-14(21)6-4-13/h3-8,21H,2,9-12H2,1H3. The molecule has 1 aliphatic heterocycles. The van der Waals surface area contributed by atoms with E-state index in [0.717, 1.165) is 31.9 Å². The van der Waals surface area contributed by atoms with Crippen molar-refractivity contribution in [1.82, 2.24) is 9.55 Å². The number of aromatic nitrogens is 2. The Balaban J connectivity index is 1.72. The van der Waals surface area contributed by atoms with Gasteiger partial charge >= 0.3 is 0 Å². The second-order valence-electron chi connectivity index (χ2n) is 5.33. The van der Waals surface area contributed by atoms with Crippen LogP contribution in [0.1, 0.15) is 6.92 Å². The fourth-order valence-corrected chi connectivity index (χ4v) is 2.74. The van der Waals surface area contributed by atoms with Crippen LogP contribution in [0.3, 0.4) is 0 Å². The Hall–Kier alpha value is -2.50. The first-order chi connectivity index (χ1) is 10.7. The van der Waals surface area contributed by atoms with Crippen molar-refractivity contribution in [2.75, 3.05) is 36.0 Å². The highest BCUT2D eigenvalue weighted by Gasteiger charge is 2.20. The predicted octanol–water partition coefficient (Wildman–Crippen LogP) is 1.30. The summed E-state index contributed by atoms with van der Waals surface area (Å²) in [5, 5.41) is 9.35. The Labute approximate surface area is 129 Å². The Morgan fingerprint density at radius 1 is 1.09 bits per heavy atom. The molecule has 0 bridgehead atoms. The molecule has 0 atom stereocenters. The molecule has 22 heavy (non-hydrogen) atoms. The van der Waals surface area contributed by atoms with Crippen LogP contribution in [0.25, 0.3) is 0 Å². The molecule has 1 aromatic heterocycles. The number of phenols is 1. The van der Waals surface area contributed by atoms with Gasteiger partial charge in [-0.3, -0.25) is 4.79 Å². The number of hydrogen-bond acceptors (Lipinski definition) is 5. The Morgan fingerprint density at radius 2 is 1.73 bits per heavy atom. The van der Waals surface area contributed by atoms with Gasteiger partial charge in [0, 0.05) is 50.8 Å². The van der Waals surface area contributed by atoms with Crippen LogP contribution in [-0.4, -0.2) is 40.8 Å². The molecular weight excluding hydrogens is 280 g/mol. The predicted molar refractivity (Wildman–Crippen MR) is 86.7 cm³/mol. The molecule has 2 aromatic rings. The number of hydrogen-bond donors (Lipinski definition) is 1. The van der Waals surface area contributed by atoms with Crippen LogP contribution >= 0.6 is 0 Å². The second kappa shape index (κ2) is 6.09. The summed E-state index contributed by atoms with van der Waals surface area (Å²) < 4.78 is 1.68. The topological polar surface area (TPSA) is 61.6 Å². The lowest BCUT2D eigenvalue weighted by Gasteiger charge is -2.36. The van der Waals surface area contributed by atoms with E-state index < -0.39 is 0 Å². The largest absolute Gasteiger partial charge is 0.508 e. The van der Waals surface area contributed by atoms with E-state index >= 15 is 0 Å². The smallest absolute Gasteiger partial charge is 0.293 e. The van der Waals surface area contributed by atoms with Crippen molar-refractivity contribution in [2.24, 2.45) is 0 Å². The van der Waals surface area contributed by atoms with E-state index in [2.05, 4.69) is 9.88 Å². The number of phenolic OH excluding ortho intramolecular Hbond substituents is 1. The molecule has 1 saturated heterocycles. The highest BCUT2D eigenvalue weighted by molar-refractivity contribution is 5.50. The number of benzene rings is 1. The van der Waals surface area contributed by atoms with Gasteiger partial charge in [0.15, 0.2) is 5.82 Å². The maximum atomic E-state index is 12.3. The summed E-state index contributed by atoms with van der Waals surface area (Å²) in [7, 11) is 0. The minimum absolute atomic E-state index is 0.0249. The SMILES string of the molecule is CCn1ccnc(N2CCN(c3ccc(O)cc3)CC2)c1=O. The van der Waals surface area contributed by atoms with Crippen LogP contribution in [0.4, 0.5) is 11.5 Å². The van der Waals surface area contributed by atoms with Crippen LogP contribution in [0.15, 0.2) is 41.5 Å². The summed E-state index contributed by atoms with van der Waals surface area (Å²) in [5.74, 6) is 0.811. The zero-order valence-electron chi connectivity index (χ0n) is 12.6. The molecule has 116 valence electrons. The molecule has 0 spiro atoms. The Bertz CT molecular complexity index is 688. The summed E-state index contributed by atoms with van der Waals surface area (Å²) in [6.45, 7) is 5.78. The quantitative estimate of drug-likeness (QED) is 0.925. The molecule has 0 unspecified atom stereocenters. The third-order valence-electron chi connectivity index (χ3n) is 4.03. The number of aryl methyl sites for hydroxylation is 1. The van der Waals surface area contributed by atoms with Gasteiger partial charge in [-0.2, -0.15) is 0 Å². The van der Waals surface area contributed by atoms with E-state index in [1.165, 1.54) is 0 Å². The minimum Gasteiger partial charge on any atom is -0.508 e. The van der Waals surface area contributed by atoms with Crippen LogP contribution in [-0.2, 0) is 6.54 Å². The summed E-state index contributed by atoms with van der Waals surface area (Å²) in [6.07, 6.45) is 3.41. The third-order valence-corrected chi connectivity index (χ3v) is 4.03. The first kappa shape index (κ1) is 14.4. The third kappa shape index (κ3) is 2.77. The maximum Gasteiger partial charge on any atom is 0.293 e. The van der Waals surface area contributed by atoms with E-state index in [-0.39, 0.29) is 11.3 Å². The highest BCUT2D eigenvalue weighted by Crippen LogP contribution is 2.20. The number of rotatable bonds is 3. The zero-order valence-corrected chi connectivity index (χ0v) is 12.6. The summed E-state index contributed by atoms with van der Waals surface area (Å²) in [5.41, 5.74) is 1.06. The van der Waals surface area contributed by atoms with E-state index in [4.69, 9.17) is 0 Å². The lowest BCUT2D eigenvalue weighted by Crippen LogP contribution is -2.48. The van der Waals surface area contributed by atoms with Crippen molar-refractivity contribution in [3.05, 3.63) is 47.0 Å². The zero-order chi connectivity index (χ0) is 15.5. The van der Waals surface area contributed by atoms with Crippen LogP contribution in [0.5, 0.6) is 5.75 Å². The molecule has 0 radical (unpaired) electrons. The number of aromatic hydroxyl groups is 1. The molecule has 1 N–H and O–H groups in total. The summed E-state index contributed by atoms with van der Waals surface area (Å²) in [4.78, 5) is 20.9. The first-order valence-corrected chi connectivity index (χ1v) is 7.53. The number of piperazine rings is 1. The first-order valence-electron chi connectivity index (χ1n) is 7.53. The Morgan fingerprint density at radius 3 is 2.36 bits per heavy atom.